The second kappa shape index (κ2) is 5.49. The molecule has 1 aromatic heterocycles. The minimum Gasteiger partial charge on any atom is -0.386 e. The molecule has 0 aliphatic rings. The number of halogens is 1. The number of benzene rings is 1. The molecule has 100 valence electrons. The molecule has 1 heterocycles. The third-order valence-electron chi connectivity index (χ3n) is 3.33. The molecule has 1 N–H and O–H groups in total. The molecule has 2 aromatic rings. The Labute approximate surface area is 112 Å². The summed E-state index contributed by atoms with van der Waals surface area (Å²) in [5, 5.41) is 10.2. The summed E-state index contributed by atoms with van der Waals surface area (Å²) in [6.45, 7) is 6.14. The van der Waals surface area contributed by atoms with E-state index in [9.17, 15) is 9.50 Å². The molecule has 0 saturated carbocycles. The zero-order valence-electron chi connectivity index (χ0n) is 11.4. The molecule has 0 fully saturated rings. The Balaban J connectivity index is 2.24. The molecule has 0 radical (unpaired) electrons. The highest BCUT2D eigenvalue weighted by molar-refractivity contribution is 5.38. The van der Waals surface area contributed by atoms with Crippen molar-refractivity contribution in [1.82, 2.24) is 4.98 Å². The highest BCUT2D eigenvalue weighted by atomic mass is 19.1. The van der Waals surface area contributed by atoms with Crippen molar-refractivity contribution < 1.29 is 9.50 Å². The van der Waals surface area contributed by atoms with Crippen LogP contribution in [0, 0.1) is 26.6 Å². The van der Waals surface area contributed by atoms with Crippen molar-refractivity contribution in [2.24, 2.45) is 0 Å². The molecule has 19 heavy (non-hydrogen) atoms. The van der Waals surface area contributed by atoms with Gasteiger partial charge < -0.3 is 5.11 Å². The number of pyridine rings is 1. The summed E-state index contributed by atoms with van der Waals surface area (Å²) in [6.07, 6.45) is 0.921. The van der Waals surface area contributed by atoms with Crippen LogP contribution in [-0.4, -0.2) is 10.1 Å². The third kappa shape index (κ3) is 3.18. The first-order valence-electron chi connectivity index (χ1n) is 6.33. The van der Waals surface area contributed by atoms with Crippen molar-refractivity contribution in [3.8, 4) is 0 Å². The zero-order valence-corrected chi connectivity index (χ0v) is 11.4. The molecule has 0 saturated heterocycles. The summed E-state index contributed by atoms with van der Waals surface area (Å²) in [4.78, 5) is 3.93. The van der Waals surface area contributed by atoms with E-state index >= 15 is 0 Å². The van der Waals surface area contributed by atoms with Crippen LogP contribution in [0.3, 0.4) is 0 Å². The quantitative estimate of drug-likeness (QED) is 0.916. The summed E-state index contributed by atoms with van der Waals surface area (Å²) in [5.41, 5.74) is 5.18. The lowest BCUT2D eigenvalue weighted by Crippen LogP contribution is -2.07. The topological polar surface area (TPSA) is 33.1 Å². The van der Waals surface area contributed by atoms with E-state index in [0.717, 1.165) is 11.8 Å². The van der Waals surface area contributed by atoms with Crippen LogP contribution in [0.2, 0.25) is 0 Å². The second-order valence-corrected chi connectivity index (χ2v) is 5.00. The monoisotopic (exact) mass is 259 g/mol. The van der Waals surface area contributed by atoms with Crippen molar-refractivity contribution in [2.75, 3.05) is 0 Å². The molecular weight excluding hydrogens is 241 g/mol. The van der Waals surface area contributed by atoms with Crippen molar-refractivity contribution in [2.45, 2.75) is 33.3 Å². The Morgan fingerprint density at radius 1 is 1.16 bits per heavy atom. The van der Waals surface area contributed by atoms with E-state index in [4.69, 9.17) is 0 Å². The maximum Gasteiger partial charge on any atom is 0.141 e. The molecule has 0 amide bonds. The number of nitrogens with zero attached hydrogens (tertiary/aromatic N) is 1. The Kier molecular flexibility index (Phi) is 3.96. The van der Waals surface area contributed by atoms with Crippen molar-refractivity contribution in [3.63, 3.8) is 0 Å². The molecule has 0 aliphatic heterocycles. The highest BCUT2D eigenvalue weighted by Gasteiger charge is 2.13. The van der Waals surface area contributed by atoms with Gasteiger partial charge in [0.1, 0.15) is 5.82 Å². The molecule has 2 nitrogen and oxygen atoms in total. The predicted octanol–water partition coefficient (Wildman–Crippen LogP) is 3.42. The number of aliphatic hydroxyl groups excluding tert-OH is 1. The van der Waals surface area contributed by atoms with E-state index in [2.05, 4.69) is 24.0 Å². The van der Waals surface area contributed by atoms with Gasteiger partial charge in [-0.05, 0) is 49.6 Å². The van der Waals surface area contributed by atoms with E-state index in [0.29, 0.717) is 12.1 Å². The van der Waals surface area contributed by atoms with Gasteiger partial charge in [0, 0.05) is 6.42 Å². The third-order valence-corrected chi connectivity index (χ3v) is 3.33. The zero-order chi connectivity index (χ0) is 14.0. The van der Waals surface area contributed by atoms with E-state index in [1.54, 1.807) is 0 Å². The first-order valence-corrected chi connectivity index (χ1v) is 6.33. The lowest BCUT2D eigenvalue weighted by molar-refractivity contribution is 0.173. The van der Waals surface area contributed by atoms with Crippen molar-refractivity contribution >= 4 is 0 Å². The average Bonchev–Trinajstić information content (AvgIpc) is 2.34. The van der Waals surface area contributed by atoms with Gasteiger partial charge in [-0.25, -0.2) is 4.39 Å². The second-order valence-electron chi connectivity index (χ2n) is 5.00. The standard InChI is InChI=1S/C16H18FNO/c1-10-6-11(2)14(12(3)7-10)8-16(19)15-5-4-13(17)9-18-15/h4-7,9,16,19H,8H2,1-3H3. The number of rotatable bonds is 3. The molecular formula is C16H18FNO. The fourth-order valence-corrected chi connectivity index (χ4v) is 2.41. The van der Waals surface area contributed by atoms with Gasteiger partial charge in [0.25, 0.3) is 0 Å². The first-order chi connectivity index (χ1) is 8.97. The molecule has 2 rings (SSSR count). The molecule has 1 unspecified atom stereocenters. The maximum atomic E-state index is 12.8. The largest absolute Gasteiger partial charge is 0.386 e. The average molecular weight is 259 g/mol. The van der Waals surface area contributed by atoms with Gasteiger partial charge in [0.2, 0.25) is 0 Å². The SMILES string of the molecule is Cc1cc(C)c(CC(O)c2ccc(F)cn2)c(C)c1. The fourth-order valence-electron chi connectivity index (χ4n) is 2.41. The smallest absolute Gasteiger partial charge is 0.141 e. The van der Waals surface area contributed by atoms with Crippen molar-refractivity contribution in [1.29, 1.82) is 0 Å². The van der Waals surface area contributed by atoms with Gasteiger partial charge in [-0.15, -0.1) is 0 Å². The van der Waals surface area contributed by atoms with Crippen LogP contribution in [0.4, 0.5) is 4.39 Å². The normalized spacial score (nSPS) is 12.5. The highest BCUT2D eigenvalue weighted by Crippen LogP contribution is 2.23. The predicted molar refractivity (Wildman–Crippen MR) is 73.5 cm³/mol. The Hall–Kier alpha value is -1.74. The van der Waals surface area contributed by atoms with E-state index in [1.807, 2.05) is 13.8 Å². The summed E-state index contributed by atoms with van der Waals surface area (Å²) < 4.78 is 12.8. The van der Waals surface area contributed by atoms with Crippen LogP contribution < -0.4 is 0 Å². The number of hydrogen-bond donors (Lipinski definition) is 1. The van der Waals surface area contributed by atoms with Gasteiger partial charge in [0.15, 0.2) is 0 Å². The molecule has 3 heteroatoms. The minimum atomic E-state index is -0.708. The number of aliphatic hydroxyl groups is 1. The summed E-state index contributed by atoms with van der Waals surface area (Å²) in [6, 6.07) is 7.06. The van der Waals surface area contributed by atoms with E-state index < -0.39 is 11.9 Å². The van der Waals surface area contributed by atoms with Gasteiger partial charge in [0.05, 0.1) is 18.0 Å². The molecule has 1 aromatic carbocycles. The number of aryl methyl sites for hydroxylation is 3. The lowest BCUT2D eigenvalue weighted by atomic mass is 9.94. The Morgan fingerprint density at radius 3 is 2.32 bits per heavy atom. The first kappa shape index (κ1) is 13.7. The van der Waals surface area contributed by atoms with Crippen LogP contribution in [0.25, 0.3) is 0 Å². The molecule has 0 spiro atoms. The van der Waals surface area contributed by atoms with Gasteiger partial charge in [-0.3, -0.25) is 4.98 Å². The molecule has 0 aliphatic carbocycles. The summed E-state index contributed by atoms with van der Waals surface area (Å²) in [7, 11) is 0. The van der Waals surface area contributed by atoms with Crippen LogP contribution in [0.5, 0.6) is 0 Å². The van der Waals surface area contributed by atoms with Crippen molar-refractivity contribution in [3.05, 3.63) is 64.2 Å². The summed E-state index contributed by atoms with van der Waals surface area (Å²) >= 11 is 0. The Morgan fingerprint density at radius 2 is 1.79 bits per heavy atom. The van der Waals surface area contributed by atoms with Crippen LogP contribution in [-0.2, 0) is 6.42 Å². The van der Waals surface area contributed by atoms with Gasteiger partial charge in [-0.1, -0.05) is 17.7 Å². The van der Waals surface area contributed by atoms with E-state index in [1.165, 1.54) is 28.8 Å². The number of hydrogen-bond acceptors (Lipinski definition) is 2. The van der Waals surface area contributed by atoms with Gasteiger partial charge in [-0.2, -0.15) is 0 Å². The van der Waals surface area contributed by atoms with Gasteiger partial charge >= 0.3 is 0 Å². The molecule has 0 bridgehead atoms. The lowest BCUT2D eigenvalue weighted by Gasteiger charge is -2.15. The van der Waals surface area contributed by atoms with E-state index in [-0.39, 0.29) is 0 Å². The van der Waals surface area contributed by atoms with Crippen LogP contribution >= 0.6 is 0 Å². The van der Waals surface area contributed by atoms with Crippen LogP contribution in [0.15, 0.2) is 30.5 Å². The summed E-state index contributed by atoms with van der Waals surface area (Å²) in [5.74, 6) is -0.390. The maximum absolute atomic E-state index is 12.8. The minimum absolute atomic E-state index is 0.390. The fraction of sp³-hybridized carbons (Fsp3) is 0.312. The molecule has 1 atom stereocenters. The number of aromatic nitrogens is 1. The van der Waals surface area contributed by atoms with Crippen LogP contribution in [0.1, 0.15) is 34.1 Å². The Bertz CT molecular complexity index is 555.